The summed E-state index contributed by atoms with van der Waals surface area (Å²) >= 11 is 0. The van der Waals surface area contributed by atoms with E-state index in [1.165, 1.54) is 4.90 Å². The summed E-state index contributed by atoms with van der Waals surface area (Å²) < 4.78 is 47.3. The molecule has 10 nitrogen and oxygen atoms in total. The van der Waals surface area contributed by atoms with Crippen molar-refractivity contribution in [3.05, 3.63) is 81.4 Å². The fraction of sp³-hybridized carbons (Fsp3) is 0.429. The van der Waals surface area contributed by atoms with Crippen molar-refractivity contribution in [1.29, 1.82) is 5.26 Å². The Morgan fingerprint density at radius 3 is 2.63 bits per heavy atom. The van der Waals surface area contributed by atoms with Crippen LogP contribution in [-0.2, 0) is 17.5 Å². The number of aliphatic hydroxyl groups excluding tert-OH is 1. The van der Waals surface area contributed by atoms with Gasteiger partial charge in [-0.2, -0.15) is 23.5 Å². The number of pyridine rings is 1. The molecule has 2 atom stereocenters. The molecule has 0 spiro atoms. The molecular weight excluding hydrogens is 539 g/mol. The summed E-state index contributed by atoms with van der Waals surface area (Å²) in [6.07, 6.45) is -1.85. The van der Waals surface area contributed by atoms with Gasteiger partial charge >= 0.3 is 6.18 Å². The highest BCUT2D eigenvalue weighted by Gasteiger charge is 2.41. The molecule has 1 aromatic carbocycles. The lowest BCUT2D eigenvalue weighted by Crippen LogP contribution is -2.50. The van der Waals surface area contributed by atoms with E-state index in [4.69, 9.17) is 10.00 Å². The maximum atomic E-state index is 13.8. The smallest absolute Gasteiger partial charge is 0.379 e. The van der Waals surface area contributed by atoms with Crippen LogP contribution in [0.2, 0.25) is 0 Å². The van der Waals surface area contributed by atoms with E-state index in [0.29, 0.717) is 51.2 Å². The minimum absolute atomic E-state index is 0.119. The van der Waals surface area contributed by atoms with Crippen LogP contribution in [0.4, 0.5) is 24.7 Å². The molecule has 0 bridgehead atoms. The number of anilines is 2. The Morgan fingerprint density at radius 1 is 1.15 bits per heavy atom. The average molecular weight is 570 g/mol. The summed E-state index contributed by atoms with van der Waals surface area (Å²) in [7, 11) is 0. The monoisotopic (exact) mass is 569 g/mol. The Balaban J connectivity index is 1.14. The normalized spacial score (nSPS) is 18.3. The molecule has 13 heteroatoms. The third-order valence-corrected chi connectivity index (χ3v) is 7.52. The molecule has 0 radical (unpaired) electrons. The number of nitriles is 1. The van der Waals surface area contributed by atoms with Crippen LogP contribution < -0.4 is 15.4 Å². The van der Waals surface area contributed by atoms with Crippen molar-refractivity contribution in [3.63, 3.8) is 0 Å². The van der Waals surface area contributed by atoms with Gasteiger partial charge in [-0.15, -0.1) is 0 Å². The quantitative estimate of drug-likeness (QED) is 0.375. The molecule has 2 aliphatic heterocycles. The van der Waals surface area contributed by atoms with Gasteiger partial charge in [-0.1, -0.05) is 24.3 Å². The van der Waals surface area contributed by atoms with Gasteiger partial charge in [0.1, 0.15) is 23.7 Å². The van der Waals surface area contributed by atoms with E-state index in [9.17, 15) is 23.1 Å². The van der Waals surface area contributed by atoms with Gasteiger partial charge in [-0.05, 0) is 36.1 Å². The highest BCUT2D eigenvalue weighted by atomic mass is 19.4. The SMILES string of the molecule is N#Cc1ccc(N2CCN(C(O)CCCOC[C@@H]3c4ccccc4CN3c3cn[nH]c(=O)c3C(F)(F)F)CC2)nc1. The number of rotatable bonds is 9. The van der Waals surface area contributed by atoms with Crippen LogP contribution in [-0.4, -0.2) is 70.8 Å². The molecule has 0 aliphatic carbocycles. The van der Waals surface area contributed by atoms with Gasteiger partial charge in [-0.25, -0.2) is 10.1 Å². The van der Waals surface area contributed by atoms with Crippen molar-refractivity contribution >= 4 is 11.5 Å². The minimum Gasteiger partial charge on any atom is -0.379 e. The number of benzene rings is 1. The van der Waals surface area contributed by atoms with Gasteiger partial charge in [0, 0.05) is 45.5 Å². The number of aliphatic hydroxyl groups is 1. The van der Waals surface area contributed by atoms with Crippen molar-refractivity contribution in [1.82, 2.24) is 20.1 Å². The number of H-pyrrole nitrogens is 1. The molecule has 5 rings (SSSR count). The predicted octanol–water partition coefficient (Wildman–Crippen LogP) is 3.05. The van der Waals surface area contributed by atoms with Crippen LogP contribution in [0.15, 0.2) is 53.6 Å². The van der Waals surface area contributed by atoms with Crippen molar-refractivity contribution < 1.29 is 23.0 Å². The van der Waals surface area contributed by atoms with Gasteiger partial charge in [0.05, 0.1) is 30.1 Å². The second-order valence-corrected chi connectivity index (χ2v) is 10.0. The number of aromatic nitrogens is 3. The number of hydrogen-bond donors (Lipinski definition) is 2. The van der Waals surface area contributed by atoms with Crippen molar-refractivity contribution in [3.8, 4) is 6.07 Å². The highest BCUT2D eigenvalue weighted by Crippen LogP contribution is 2.42. The summed E-state index contributed by atoms with van der Waals surface area (Å²) in [6.45, 7) is 3.33. The molecule has 1 saturated heterocycles. The van der Waals surface area contributed by atoms with Gasteiger partial charge in [0.25, 0.3) is 5.56 Å². The van der Waals surface area contributed by atoms with E-state index in [1.54, 1.807) is 12.3 Å². The molecule has 1 fully saturated rings. The Kier molecular flexibility index (Phi) is 8.53. The Hall–Kier alpha value is -3.99. The van der Waals surface area contributed by atoms with Gasteiger partial charge in [-0.3, -0.25) is 9.69 Å². The molecule has 0 amide bonds. The number of alkyl halides is 3. The summed E-state index contributed by atoms with van der Waals surface area (Å²) in [5.74, 6) is 0.798. The summed E-state index contributed by atoms with van der Waals surface area (Å²) in [4.78, 5) is 22.0. The molecule has 1 unspecified atom stereocenters. The number of piperazine rings is 1. The summed E-state index contributed by atoms with van der Waals surface area (Å²) in [6, 6.07) is 12.4. The Labute approximate surface area is 234 Å². The highest BCUT2D eigenvalue weighted by molar-refractivity contribution is 5.58. The molecule has 216 valence electrons. The number of fused-ring (bicyclic) bond motifs is 1. The zero-order valence-electron chi connectivity index (χ0n) is 22.2. The van der Waals surface area contributed by atoms with Gasteiger partial charge in [0.15, 0.2) is 0 Å². The molecule has 4 heterocycles. The Morgan fingerprint density at radius 2 is 1.93 bits per heavy atom. The number of aromatic amines is 1. The lowest BCUT2D eigenvalue weighted by molar-refractivity contribution is -0.138. The van der Waals surface area contributed by atoms with E-state index in [1.807, 2.05) is 40.3 Å². The minimum atomic E-state index is -4.84. The third-order valence-electron chi connectivity index (χ3n) is 7.52. The molecule has 0 saturated carbocycles. The lowest BCUT2D eigenvalue weighted by atomic mass is 10.1. The molecule has 3 aromatic rings. The molecule has 2 N–H and O–H groups in total. The summed E-state index contributed by atoms with van der Waals surface area (Å²) in [5, 5.41) is 25.2. The third kappa shape index (κ3) is 6.35. The van der Waals surface area contributed by atoms with E-state index in [0.717, 1.165) is 23.1 Å². The van der Waals surface area contributed by atoms with Crippen LogP contribution >= 0.6 is 0 Å². The first kappa shape index (κ1) is 28.5. The van der Waals surface area contributed by atoms with Gasteiger partial charge < -0.3 is 19.6 Å². The fourth-order valence-electron chi connectivity index (χ4n) is 5.41. The lowest BCUT2D eigenvalue weighted by Gasteiger charge is -2.37. The molecular formula is C28H30F3N7O3. The van der Waals surface area contributed by atoms with Crippen molar-refractivity contribution in [2.24, 2.45) is 0 Å². The topological polar surface area (TPSA) is 122 Å². The number of hydrogen-bond acceptors (Lipinski definition) is 9. The van der Waals surface area contributed by atoms with Crippen LogP contribution in [0.25, 0.3) is 0 Å². The van der Waals surface area contributed by atoms with Crippen LogP contribution in [0, 0.1) is 11.3 Å². The number of nitrogens with zero attached hydrogens (tertiary/aromatic N) is 6. The van der Waals surface area contributed by atoms with Gasteiger partial charge in [0.2, 0.25) is 0 Å². The van der Waals surface area contributed by atoms with E-state index in [2.05, 4.69) is 21.1 Å². The summed E-state index contributed by atoms with van der Waals surface area (Å²) in [5.41, 5.74) is -0.627. The van der Waals surface area contributed by atoms with Crippen LogP contribution in [0.1, 0.15) is 41.1 Å². The second-order valence-electron chi connectivity index (χ2n) is 10.0. The standard InChI is InChI=1S/C28H30F3N7O3/c29-28(30,31)26-22(16-34-35-27(26)40)38-17-20-4-1-2-5-21(20)23(38)18-41-13-3-6-25(39)37-11-9-36(10-12-37)24-8-7-19(14-32)15-33-24/h1-2,4-5,7-8,15-16,23,25,39H,3,6,9-13,17-18H2,(H,35,40)/t23-,25?/m1/s1. The van der Waals surface area contributed by atoms with Crippen molar-refractivity contribution in [2.45, 2.75) is 37.8 Å². The van der Waals surface area contributed by atoms with Crippen LogP contribution in [0.3, 0.4) is 0 Å². The first-order valence-electron chi connectivity index (χ1n) is 13.4. The number of halogens is 3. The largest absolute Gasteiger partial charge is 0.423 e. The second kappa shape index (κ2) is 12.3. The zero-order chi connectivity index (χ0) is 29.0. The first-order chi connectivity index (χ1) is 19.8. The number of ether oxygens (including phenoxy) is 1. The molecule has 41 heavy (non-hydrogen) atoms. The van der Waals surface area contributed by atoms with Crippen molar-refractivity contribution in [2.75, 3.05) is 49.2 Å². The Bertz CT molecular complexity index is 1430. The first-order valence-corrected chi connectivity index (χ1v) is 13.4. The molecule has 2 aromatic heterocycles. The van der Waals surface area contributed by atoms with Crippen LogP contribution in [0.5, 0.6) is 0 Å². The van der Waals surface area contributed by atoms with E-state index < -0.39 is 29.6 Å². The average Bonchev–Trinajstić information content (AvgIpc) is 3.34. The predicted molar refractivity (Wildman–Crippen MR) is 144 cm³/mol. The van der Waals surface area contributed by atoms with E-state index >= 15 is 0 Å². The number of nitrogens with one attached hydrogen (secondary N) is 1. The maximum absolute atomic E-state index is 13.8. The maximum Gasteiger partial charge on any atom is 0.423 e. The van der Waals surface area contributed by atoms with E-state index in [-0.39, 0.29) is 18.8 Å². The zero-order valence-corrected chi connectivity index (χ0v) is 22.2. The molecule has 2 aliphatic rings. The fourth-order valence-corrected chi connectivity index (χ4v) is 5.41.